The lowest BCUT2D eigenvalue weighted by Crippen LogP contribution is -2.61. The van der Waals surface area contributed by atoms with E-state index in [0.717, 1.165) is 18.4 Å². The van der Waals surface area contributed by atoms with Gasteiger partial charge in [0.25, 0.3) is 0 Å². The lowest BCUT2D eigenvalue weighted by atomic mass is 9.89. The summed E-state index contributed by atoms with van der Waals surface area (Å²) < 4.78 is 0. The van der Waals surface area contributed by atoms with Gasteiger partial charge in [0.1, 0.15) is 0 Å². The normalized spacial score (nSPS) is 19.1. The van der Waals surface area contributed by atoms with Crippen molar-refractivity contribution in [3.8, 4) is 0 Å². The van der Waals surface area contributed by atoms with E-state index in [2.05, 4.69) is 11.8 Å². The molecule has 0 bridgehead atoms. The summed E-state index contributed by atoms with van der Waals surface area (Å²) in [7, 11) is 0. The predicted octanol–water partition coefficient (Wildman–Crippen LogP) is 3.34. The molecular weight excluding hydrogens is 257 g/mol. The smallest absolute Gasteiger partial charge is 0.0900 e. The van der Waals surface area contributed by atoms with Crippen molar-refractivity contribution in [2.24, 2.45) is 0 Å². The summed E-state index contributed by atoms with van der Waals surface area (Å²) in [5, 5.41) is 11.5. The second-order valence-corrected chi connectivity index (χ2v) is 5.63. The molecule has 2 nitrogen and oxygen atoms in total. The number of likely N-dealkylation sites (tertiary alicyclic amines) is 1. The SMILES string of the molecule is CCCC1(O)CN(Cc2c(Cl)cccc2Cl)C1. The van der Waals surface area contributed by atoms with Crippen LogP contribution >= 0.6 is 23.2 Å². The van der Waals surface area contributed by atoms with Crippen LogP contribution in [-0.2, 0) is 6.54 Å². The lowest BCUT2D eigenvalue weighted by Gasteiger charge is -2.46. The number of hydrogen-bond donors (Lipinski definition) is 1. The number of β-amino-alcohol motifs (C(OH)–C–C–N with tert-alkyl or cyclic N) is 1. The molecule has 0 aliphatic carbocycles. The maximum absolute atomic E-state index is 10.1. The van der Waals surface area contributed by atoms with Crippen LogP contribution < -0.4 is 0 Å². The van der Waals surface area contributed by atoms with E-state index in [9.17, 15) is 5.11 Å². The van der Waals surface area contributed by atoms with Crippen molar-refractivity contribution < 1.29 is 5.11 Å². The Morgan fingerprint density at radius 3 is 2.41 bits per heavy atom. The Morgan fingerprint density at radius 2 is 1.88 bits per heavy atom. The van der Waals surface area contributed by atoms with E-state index in [1.807, 2.05) is 18.2 Å². The first-order valence-corrected chi connectivity index (χ1v) is 6.67. The fraction of sp³-hybridized carbons (Fsp3) is 0.538. The van der Waals surface area contributed by atoms with Crippen LogP contribution in [0.5, 0.6) is 0 Å². The molecule has 0 radical (unpaired) electrons. The minimum absolute atomic E-state index is 0.498. The van der Waals surface area contributed by atoms with Crippen LogP contribution in [0.2, 0.25) is 10.0 Å². The quantitative estimate of drug-likeness (QED) is 0.910. The van der Waals surface area contributed by atoms with E-state index in [-0.39, 0.29) is 0 Å². The Balaban J connectivity index is 1.96. The van der Waals surface area contributed by atoms with Crippen LogP contribution in [-0.4, -0.2) is 28.7 Å². The summed E-state index contributed by atoms with van der Waals surface area (Å²) in [6.07, 6.45) is 1.87. The zero-order valence-corrected chi connectivity index (χ0v) is 11.4. The van der Waals surface area contributed by atoms with Crippen LogP contribution in [0.25, 0.3) is 0 Å². The molecule has 0 saturated carbocycles. The Hall–Kier alpha value is -0.280. The predicted molar refractivity (Wildman–Crippen MR) is 71.6 cm³/mol. The highest BCUT2D eigenvalue weighted by atomic mass is 35.5. The molecule has 1 heterocycles. The summed E-state index contributed by atoms with van der Waals surface area (Å²) in [6.45, 7) is 4.22. The zero-order valence-electron chi connectivity index (χ0n) is 9.92. The van der Waals surface area contributed by atoms with Crippen LogP contribution in [0.4, 0.5) is 0 Å². The molecule has 2 rings (SSSR count). The molecule has 94 valence electrons. The molecule has 1 aromatic rings. The standard InChI is InChI=1S/C13H17Cl2NO/c1-2-6-13(17)8-16(9-13)7-10-11(14)4-3-5-12(10)15/h3-5,17H,2,6-9H2,1H3. The first-order chi connectivity index (χ1) is 8.04. The van der Waals surface area contributed by atoms with Crippen molar-refractivity contribution in [1.82, 2.24) is 4.90 Å². The van der Waals surface area contributed by atoms with Crippen molar-refractivity contribution in [3.05, 3.63) is 33.8 Å². The molecule has 1 aromatic carbocycles. The maximum atomic E-state index is 10.1. The summed E-state index contributed by atoms with van der Waals surface area (Å²) in [5.41, 5.74) is 0.456. The zero-order chi connectivity index (χ0) is 12.5. The molecule has 0 unspecified atom stereocenters. The van der Waals surface area contributed by atoms with Gasteiger partial charge in [0, 0.05) is 35.2 Å². The third kappa shape index (κ3) is 2.94. The molecule has 0 spiro atoms. The van der Waals surface area contributed by atoms with Gasteiger partial charge in [-0.25, -0.2) is 0 Å². The molecule has 0 amide bonds. The molecule has 1 aliphatic rings. The van der Waals surface area contributed by atoms with Crippen LogP contribution in [0.15, 0.2) is 18.2 Å². The van der Waals surface area contributed by atoms with E-state index < -0.39 is 5.60 Å². The number of benzene rings is 1. The minimum Gasteiger partial charge on any atom is -0.387 e. The molecule has 1 fully saturated rings. The fourth-order valence-electron chi connectivity index (χ4n) is 2.43. The van der Waals surface area contributed by atoms with Gasteiger partial charge < -0.3 is 5.11 Å². The number of hydrogen-bond acceptors (Lipinski definition) is 2. The average Bonchev–Trinajstić information content (AvgIpc) is 2.21. The Morgan fingerprint density at radius 1 is 1.29 bits per heavy atom. The van der Waals surface area contributed by atoms with Crippen LogP contribution in [0, 0.1) is 0 Å². The van der Waals surface area contributed by atoms with Gasteiger partial charge in [-0.15, -0.1) is 0 Å². The van der Waals surface area contributed by atoms with E-state index in [4.69, 9.17) is 23.2 Å². The van der Waals surface area contributed by atoms with Crippen molar-refractivity contribution in [2.75, 3.05) is 13.1 Å². The number of nitrogens with zero attached hydrogens (tertiary/aromatic N) is 1. The highest BCUT2D eigenvalue weighted by Crippen LogP contribution is 2.31. The monoisotopic (exact) mass is 273 g/mol. The van der Waals surface area contributed by atoms with Gasteiger partial charge >= 0.3 is 0 Å². The van der Waals surface area contributed by atoms with E-state index in [1.54, 1.807) is 0 Å². The second-order valence-electron chi connectivity index (χ2n) is 4.82. The molecular formula is C13H17Cl2NO. The van der Waals surface area contributed by atoms with Crippen molar-refractivity contribution in [1.29, 1.82) is 0 Å². The first kappa shape index (κ1) is 13.2. The van der Waals surface area contributed by atoms with Gasteiger partial charge in [-0.1, -0.05) is 42.6 Å². The minimum atomic E-state index is -0.498. The topological polar surface area (TPSA) is 23.5 Å². The second kappa shape index (κ2) is 5.15. The third-order valence-corrected chi connectivity index (χ3v) is 3.90. The van der Waals surface area contributed by atoms with Crippen LogP contribution in [0.3, 0.4) is 0 Å². The van der Waals surface area contributed by atoms with Gasteiger partial charge in [-0.05, 0) is 18.6 Å². The van der Waals surface area contributed by atoms with Crippen molar-refractivity contribution in [2.45, 2.75) is 31.9 Å². The van der Waals surface area contributed by atoms with Gasteiger partial charge in [-0.2, -0.15) is 0 Å². The molecule has 17 heavy (non-hydrogen) atoms. The first-order valence-electron chi connectivity index (χ1n) is 5.92. The molecule has 1 aliphatic heterocycles. The van der Waals surface area contributed by atoms with Gasteiger partial charge in [0.2, 0.25) is 0 Å². The lowest BCUT2D eigenvalue weighted by molar-refractivity contribution is -0.106. The summed E-state index contributed by atoms with van der Waals surface area (Å²) in [6, 6.07) is 5.54. The third-order valence-electron chi connectivity index (χ3n) is 3.19. The number of aliphatic hydroxyl groups is 1. The molecule has 0 aromatic heterocycles. The van der Waals surface area contributed by atoms with Crippen molar-refractivity contribution >= 4 is 23.2 Å². The Labute approximate surface area is 112 Å². The molecule has 1 saturated heterocycles. The number of rotatable bonds is 4. The maximum Gasteiger partial charge on any atom is 0.0900 e. The molecule has 0 atom stereocenters. The van der Waals surface area contributed by atoms with Crippen LogP contribution in [0.1, 0.15) is 25.3 Å². The van der Waals surface area contributed by atoms with E-state index >= 15 is 0 Å². The molecule has 4 heteroatoms. The largest absolute Gasteiger partial charge is 0.387 e. The summed E-state index contributed by atoms with van der Waals surface area (Å²) >= 11 is 12.2. The summed E-state index contributed by atoms with van der Waals surface area (Å²) in [4.78, 5) is 2.17. The fourth-order valence-corrected chi connectivity index (χ4v) is 2.95. The summed E-state index contributed by atoms with van der Waals surface area (Å²) in [5.74, 6) is 0. The molecule has 1 N–H and O–H groups in total. The average molecular weight is 274 g/mol. The van der Waals surface area contributed by atoms with E-state index in [0.29, 0.717) is 29.7 Å². The number of halogens is 2. The Kier molecular flexibility index (Phi) is 3.99. The Bertz CT molecular complexity index is 382. The highest BCUT2D eigenvalue weighted by Gasteiger charge is 2.40. The highest BCUT2D eigenvalue weighted by molar-refractivity contribution is 6.35. The van der Waals surface area contributed by atoms with Crippen molar-refractivity contribution in [3.63, 3.8) is 0 Å². The van der Waals surface area contributed by atoms with Gasteiger partial charge in [0.05, 0.1) is 5.60 Å². The van der Waals surface area contributed by atoms with E-state index in [1.165, 1.54) is 0 Å². The van der Waals surface area contributed by atoms with Gasteiger partial charge in [-0.3, -0.25) is 4.90 Å². The van der Waals surface area contributed by atoms with Gasteiger partial charge in [0.15, 0.2) is 0 Å².